The highest BCUT2D eigenvalue weighted by Crippen LogP contribution is 2.36. The van der Waals surface area contributed by atoms with Gasteiger partial charge in [-0.25, -0.2) is 9.18 Å². The van der Waals surface area contributed by atoms with E-state index in [1.54, 1.807) is 6.07 Å². The fourth-order valence-corrected chi connectivity index (χ4v) is 3.04. The zero-order valence-electron chi connectivity index (χ0n) is 15.6. The predicted octanol–water partition coefficient (Wildman–Crippen LogP) is 3.56. The number of hydrogen-bond donors (Lipinski definition) is 0. The molecule has 1 aromatic carbocycles. The van der Waals surface area contributed by atoms with E-state index in [0.29, 0.717) is 38.3 Å². The first-order valence-electron chi connectivity index (χ1n) is 8.80. The Labute approximate surface area is 164 Å². The van der Waals surface area contributed by atoms with Crippen LogP contribution in [-0.4, -0.2) is 54.2 Å². The highest BCUT2D eigenvalue weighted by atomic mass is 19.4. The highest BCUT2D eigenvalue weighted by Gasteiger charge is 2.34. The second-order valence-electron chi connectivity index (χ2n) is 6.50. The molecule has 0 aliphatic carbocycles. The van der Waals surface area contributed by atoms with E-state index in [2.05, 4.69) is 4.98 Å². The molecule has 1 saturated heterocycles. The van der Waals surface area contributed by atoms with Gasteiger partial charge >= 0.3 is 12.3 Å². The third-order valence-corrected chi connectivity index (χ3v) is 4.49. The number of carbonyl (C=O) groups excluding carboxylic acids is 1. The van der Waals surface area contributed by atoms with Crippen LogP contribution >= 0.6 is 0 Å². The Morgan fingerprint density at radius 3 is 2.48 bits per heavy atom. The third-order valence-electron chi connectivity index (χ3n) is 4.49. The lowest BCUT2D eigenvalue weighted by atomic mass is 10.1. The smallest absolute Gasteiger partial charge is 0.419 e. The summed E-state index contributed by atoms with van der Waals surface area (Å²) < 4.78 is 62.5. The van der Waals surface area contributed by atoms with Gasteiger partial charge in [0.05, 0.1) is 25.1 Å². The van der Waals surface area contributed by atoms with Crippen LogP contribution < -0.4 is 9.47 Å². The van der Waals surface area contributed by atoms with Gasteiger partial charge < -0.3 is 14.4 Å². The summed E-state index contributed by atoms with van der Waals surface area (Å²) in [5.41, 5.74) is -0.316. The summed E-state index contributed by atoms with van der Waals surface area (Å²) in [6, 6.07) is 5.03. The maximum atomic E-state index is 13.2. The molecular weight excluding hydrogens is 394 g/mol. The highest BCUT2D eigenvalue weighted by molar-refractivity contribution is 5.70. The first-order chi connectivity index (χ1) is 13.8. The van der Waals surface area contributed by atoms with E-state index in [0.717, 1.165) is 18.3 Å². The topological polar surface area (TPSA) is 54.9 Å². The number of halogens is 4. The Hall–Kier alpha value is -2.88. The molecule has 0 N–H and O–H groups in total. The molecule has 0 bridgehead atoms. The van der Waals surface area contributed by atoms with Gasteiger partial charge in [-0.2, -0.15) is 13.2 Å². The summed E-state index contributed by atoms with van der Waals surface area (Å²) >= 11 is 0. The van der Waals surface area contributed by atoms with Crippen LogP contribution in [0.15, 0.2) is 36.7 Å². The molecule has 0 radical (unpaired) electrons. The second-order valence-corrected chi connectivity index (χ2v) is 6.50. The largest absolute Gasteiger partial charge is 0.496 e. The Bertz CT molecular complexity index is 868. The Morgan fingerprint density at radius 1 is 1.14 bits per heavy atom. The SMILES string of the molecule is COc1ccc(CN2CCN(C(=O)Oc3cncc(F)c3)CC2)cc1C(F)(F)F. The number of rotatable bonds is 4. The zero-order chi connectivity index (χ0) is 21.0. The number of carbonyl (C=O) groups is 1. The molecule has 6 nitrogen and oxygen atoms in total. The van der Waals surface area contributed by atoms with Crippen molar-refractivity contribution in [2.45, 2.75) is 12.7 Å². The predicted molar refractivity (Wildman–Crippen MR) is 95.1 cm³/mol. The zero-order valence-corrected chi connectivity index (χ0v) is 15.6. The molecule has 10 heteroatoms. The lowest BCUT2D eigenvalue weighted by molar-refractivity contribution is -0.138. The molecule has 1 aliphatic rings. The number of alkyl halides is 3. The van der Waals surface area contributed by atoms with E-state index < -0.39 is 23.7 Å². The van der Waals surface area contributed by atoms with Gasteiger partial charge in [0.2, 0.25) is 0 Å². The molecule has 3 rings (SSSR count). The van der Waals surface area contributed by atoms with Crippen molar-refractivity contribution >= 4 is 6.09 Å². The molecule has 0 spiro atoms. The minimum absolute atomic E-state index is 0.00958. The monoisotopic (exact) mass is 413 g/mol. The van der Waals surface area contributed by atoms with E-state index in [1.165, 1.54) is 24.3 Å². The van der Waals surface area contributed by atoms with Gasteiger partial charge in [-0.15, -0.1) is 0 Å². The average Bonchev–Trinajstić information content (AvgIpc) is 2.68. The van der Waals surface area contributed by atoms with Crippen molar-refractivity contribution in [1.82, 2.24) is 14.8 Å². The number of hydrogen-bond acceptors (Lipinski definition) is 5. The molecule has 0 atom stereocenters. The quantitative estimate of drug-likeness (QED) is 0.718. The number of piperazine rings is 1. The number of methoxy groups -OCH3 is 1. The van der Waals surface area contributed by atoms with Crippen molar-refractivity contribution in [2.75, 3.05) is 33.3 Å². The van der Waals surface area contributed by atoms with E-state index in [4.69, 9.17) is 9.47 Å². The van der Waals surface area contributed by atoms with Crippen LogP contribution in [0.25, 0.3) is 0 Å². The number of aromatic nitrogens is 1. The summed E-state index contributed by atoms with van der Waals surface area (Å²) in [6.07, 6.45) is -2.89. The number of benzene rings is 1. The summed E-state index contributed by atoms with van der Waals surface area (Å²) in [6.45, 7) is 1.91. The van der Waals surface area contributed by atoms with Gasteiger partial charge in [-0.1, -0.05) is 6.07 Å². The number of amides is 1. The van der Waals surface area contributed by atoms with Gasteiger partial charge in [-0.05, 0) is 17.7 Å². The molecule has 156 valence electrons. The third kappa shape index (κ3) is 5.35. The van der Waals surface area contributed by atoms with Crippen LogP contribution in [0.2, 0.25) is 0 Å². The molecule has 29 heavy (non-hydrogen) atoms. The molecule has 0 saturated carbocycles. The molecular formula is C19H19F4N3O3. The number of nitrogens with zero attached hydrogens (tertiary/aromatic N) is 3. The second kappa shape index (κ2) is 8.64. The van der Waals surface area contributed by atoms with Crippen LogP contribution in [0.4, 0.5) is 22.4 Å². The van der Waals surface area contributed by atoms with Crippen molar-refractivity contribution < 1.29 is 31.8 Å². The van der Waals surface area contributed by atoms with Crippen LogP contribution in [0.5, 0.6) is 11.5 Å². The summed E-state index contributed by atoms with van der Waals surface area (Å²) in [5.74, 6) is -0.825. The fraction of sp³-hybridized carbons (Fsp3) is 0.368. The first-order valence-corrected chi connectivity index (χ1v) is 8.80. The molecule has 1 amide bonds. The van der Waals surface area contributed by atoms with Crippen LogP contribution in [0.3, 0.4) is 0 Å². The maximum Gasteiger partial charge on any atom is 0.419 e. The average molecular weight is 413 g/mol. The minimum Gasteiger partial charge on any atom is -0.496 e. The van der Waals surface area contributed by atoms with E-state index in [-0.39, 0.29) is 11.5 Å². The van der Waals surface area contributed by atoms with Crippen LogP contribution in [0.1, 0.15) is 11.1 Å². The Morgan fingerprint density at radius 2 is 1.86 bits per heavy atom. The fourth-order valence-electron chi connectivity index (χ4n) is 3.04. The van der Waals surface area contributed by atoms with E-state index in [1.807, 2.05) is 4.90 Å². The van der Waals surface area contributed by atoms with Gasteiger partial charge in [0.15, 0.2) is 5.75 Å². The molecule has 0 unspecified atom stereocenters. The molecule has 1 fully saturated rings. The normalized spacial score (nSPS) is 15.3. The number of pyridine rings is 1. The first kappa shape index (κ1) is 20.8. The molecule has 2 heterocycles. The lowest BCUT2D eigenvalue weighted by Crippen LogP contribution is -2.49. The van der Waals surface area contributed by atoms with E-state index >= 15 is 0 Å². The molecule has 1 aliphatic heterocycles. The molecule has 2 aromatic rings. The van der Waals surface area contributed by atoms with Crippen molar-refractivity contribution in [3.8, 4) is 11.5 Å². The van der Waals surface area contributed by atoms with Crippen LogP contribution in [0, 0.1) is 5.82 Å². The van der Waals surface area contributed by atoms with Crippen molar-refractivity contribution in [3.05, 3.63) is 53.6 Å². The molecule has 1 aromatic heterocycles. The summed E-state index contributed by atoms with van der Waals surface area (Å²) in [5, 5.41) is 0. The minimum atomic E-state index is -4.50. The van der Waals surface area contributed by atoms with Crippen molar-refractivity contribution in [2.24, 2.45) is 0 Å². The summed E-state index contributed by atoms with van der Waals surface area (Å²) in [7, 11) is 1.20. The van der Waals surface area contributed by atoms with Gasteiger partial charge in [-0.3, -0.25) is 9.88 Å². The Kier molecular flexibility index (Phi) is 6.21. The van der Waals surface area contributed by atoms with E-state index in [9.17, 15) is 22.4 Å². The van der Waals surface area contributed by atoms with Gasteiger partial charge in [0.1, 0.15) is 11.6 Å². The standard InChI is InChI=1S/C19H19F4N3O3/c1-28-17-3-2-13(8-16(17)19(21,22)23)12-25-4-6-26(7-5-25)18(27)29-15-9-14(20)10-24-11-15/h2-3,8-11H,4-7,12H2,1H3. The summed E-state index contributed by atoms with van der Waals surface area (Å²) in [4.78, 5) is 19.2. The maximum absolute atomic E-state index is 13.2. The Balaban J connectivity index is 1.56. The van der Waals surface area contributed by atoms with Crippen molar-refractivity contribution in [1.29, 1.82) is 0 Å². The van der Waals surface area contributed by atoms with Gasteiger partial charge in [0.25, 0.3) is 0 Å². The van der Waals surface area contributed by atoms with Gasteiger partial charge in [0, 0.05) is 38.8 Å². The van der Waals surface area contributed by atoms with Crippen molar-refractivity contribution in [3.63, 3.8) is 0 Å². The number of ether oxygens (including phenoxy) is 2. The van der Waals surface area contributed by atoms with Crippen LogP contribution in [-0.2, 0) is 12.7 Å². The lowest BCUT2D eigenvalue weighted by Gasteiger charge is -2.34.